The number of hydrogen-bond acceptors (Lipinski definition) is 8. The van der Waals surface area contributed by atoms with E-state index in [1.807, 2.05) is 28.1 Å². The SMILES string of the molecule is CCCCCCC(=O)OC(COC(=O)CCC)COP(=O)([O-])OCC[N+](C)(C)C. The van der Waals surface area contributed by atoms with Crippen LogP contribution in [-0.2, 0) is 32.7 Å². The van der Waals surface area contributed by atoms with Gasteiger partial charge in [-0.25, -0.2) is 0 Å². The van der Waals surface area contributed by atoms with Gasteiger partial charge in [0.25, 0.3) is 7.82 Å². The zero-order valence-electron chi connectivity index (χ0n) is 18.5. The third kappa shape index (κ3) is 17.6. The van der Waals surface area contributed by atoms with Gasteiger partial charge in [-0.05, 0) is 12.8 Å². The second kappa shape index (κ2) is 14.9. The monoisotopic (exact) mass is 439 g/mol. The van der Waals surface area contributed by atoms with Crippen LogP contribution in [0.5, 0.6) is 0 Å². The highest BCUT2D eigenvalue weighted by Crippen LogP contribution is 2.38. The van der Waals surface area contributed by atoms with Gasteiger partial charge in [0.2, 0.25) is 0 Å². The summed E-state index contributed by atoms with van der Waals surface area (Å²) in [5.74, 6) is -0.922. The summed E-state index contributed by atoms with van der Waals surface area (Å²) in [7, 11) is 1.15. The van der Waals surface area contributed by atoms with Gasteiger partial charge in [-0.2, -0.15) is 0 Å². The van der Waals surface area contributed by atoms with Gasteiger partial charge in [0.15, 0.2) is 6.10 Å². The van der Waals surface area contributed by atoms with E-state index in [0.29, 0.717) is 23.9 Å². The molecule has 0 aromatic heterocycles. The number of phosphoric acid groups is 1. The number of carbonyl (C=O) groups excluding carboxylic acids is 2. The number of hydrogen-bond donors (Lipinski definition) is 0. The molecule has 0 saturated heterocycles. The molecule has 0 saturated carbocycles. The number of nitrogens with zero attached hydrogens (tertiary/aromatic N) is 1. The molecule has 2 unspecified atom stereocenters. The first-order valence-corrected chi connectivity index (χ1v) is 11.7. The molecule has 9 nitrogen and oxygen atoms in total. The van der Waals surface area contributed by atoms with E-state index in [4.69, 9.17) is 18.5 Å². The molecule has 0 heterocycles. The molecule has 0 aliphatic rings. The van der Waals surface area contributed by atoms with E-state index in [0.717, 1.165) is 19.3 Å². The Morgan fingerprint density at radius 3 is 2.21 bits per heavy atom. The number of likely N-dealkylation sites (N-methyl/N-ethyl adjacent to an activating group) is 1. The topological polar surface area (TPSA) is 111 Å². The lowest BCUT2D eigenvalue weighted by Gasteiger charge is -2.28. The molecule has 172 valence electrons. The highest BCUT2D eigenvalue weighted by atomic mass is 31.2. The summed E-state index contributed by atoms with van der Waals surface area (Å²) < 4.78 is 32.4. The minimum Gasteiger partial charge on any atom is -0.756 e. The smallest absolute Gasteiger partial charge is 0.306 e. The quantitative estimate of drug-likeness (QED) is 0.147. The molecule has 0 aliphatic heterocycles. The molecule has 0 aliphatic carbocycles. The second-order valence-corrected chi connectivity index (χ2v) is 9.36. The lowest BCUT2D eigenvalue weighted by Crippen LogP contribution is -2.37. The highest BCUT2D eigenvalue weighted by Gasteiger charge is 2.21. The Bertz CT molecular complexity index is 521. The summed E-state index contributed by atoms with van der Waals surface area (Å²) in [6.07, 6.45) is 3.72. The van der Waals surface area contributed by atoms with E-state index in [1.54, 1.807) is 0 Å². The first-order valence-electron chi connectivity index (χ1n) is 10.2. The van der Waals surface area contributed by atoms with Gasteiger partial charge in [0.05, 0.1) is 27.7 Å². The number of esters is 2. The molecular formula is C19H38NO8P. The van der Waals surface area contributed by atoms with Crippen molar-refractivity contribution in [1.29, 1.82) is 0 Å². The average molecular weight is 439 g/mol. The molecule has 0 fully saturated rings. The van der Waals surface area contributed by atoms with Crippen LogP contribution in [-0.4, -0.2) is 70.0 Å². The fourth-order valence-corrected chi connectivity index (χ4v) is 2.89. The Morgan fingerprint density at radius 1 is 0.931 bits per heavy atom. The molecule has 29 heavy (non-hydrogen) atoms. The summed E-state index contributed by atoms with van der Waals surface area (Å²) in [5.41, 5.74) is 0. The molecule has 0 rings (SSSR count). The predicted octanol–water partition coefficient (Wildman–Crippen LogP) is 2.42. The van der Waals surface area contributed by atoms with Crippen molar-refractivity contribution in [3.05, 3.63) is 0 Å². The van der Waals surface area contributed by atoms with Crippen LogP contribution in [0.2, 0.25) is 0 Å². The van der Waals surface area contributed by atoms with Gasteiger partial charge in [-0.15, -0.1) is 0 Å². The summed E-state index contributed by atoms with van der Waals surface area (Å²) in [6.45, 7) is 3.61. The summed E-state index contributed by atoms with van der Waals surface area (Å²) >= 11 is 0. The van der Waals surface area contributed by atoms with Crippen molar-refractivity contribution in [3.8, 4) is 0 Å². The van der Waals surface area contributed by atoms with Crippen molar-refractivity contribution in [2.75, 3.05) is 47.5 Å². The fourth-order valence-electron chi connectivity index (χ4n) is 2.16. The molecular weight excluding hydrogens is 401 g/mol. The first-order chi connectivity index (χ1) is 13.5. The highest BCUT2D eigenvalue weighted by molar-refractivity contribution is 7.45. The largest absolute Gasteiger partial charge is 0.756 e. The van der Waals surface area contributed by atoms with Crippen LogP contribution in [0.3, 0.4) is 0 Å². The van der Waals surface area contributed by atoms with Gasteiger partial charge in [0.1, 0.15) is 19.8 Å². The van der Waals surface area contributed by atoms with Gasteiger partial charge >= 0.3 is 11.9 Å². The second-order valence-electron chi connectivity index (χ2n) is 7.95. The predicted molar refractivity (Wildman–Crippen MR) is 107 cm³/mol. The van der Waals surface area contributed by atoms with E-state index in [1.165, 1.54) is 0 Å². The molecule has 0 amide bonds. The van der Waals surface area contributed by atoms with Crippen LogP contribution in [0.1, 0.15) is 58.8 Å². The molecule has 0 bridgehead atoms. The van der Waals surface area contributed by atoms with Crippen molar-refractivity contribution < 1.29 is 42.1 Å². The maximum absolute atomic E-state index is 12.0. The van der Waals surface area contributed by atoms with Gasteiger partial charge < -0.3 is 27.9 Å². The minimum atomic E-state index is -4.56. The molecule has 0 radical (unpaired) electrons. The van der Waals surface area contributed by atoms with E-state index < -0.39 is 32.5 Å². The number of rotatable bonds is 17. The van der Waals surface area contributed by atoms with Crippen LogP contribution in [0, 0.1) is 0 Å². The number of ether oxygens (including phenoxy) is 2. The third-order valence-corrected chi connectivity index (χ3v) is 4.81. The minimum absolute atomic E-state index is 0.0301. The van der Waals surface area contributed by atoms with E-state index >= 15 is 0 Å². The molecule has 0 aromatic rings. The van der Waals surface area contributed by atoms with E-state index in [2.05, 4.69) is 6.92 Å². The van der Waals surface area contributed by atoms with Crippen molar-refractivity contribution in [1.82, 2.24) is 0 Å². The van der Waals surface area contributed by atoms with Crippen LogP contribution in [0.25, 0.3) is 0 Å². The zero-order chi connectivity index (χ0) is 22.3. The van der Waals surface area contributed by atoms with Crippen molar-refractivity contribution in [2.24, 2.45) is 0 Å². The fraction of sp³-hybridized carbons (Fsp3) is 0.895. The van der Waals surface area contributed by atoms with Gasteiger partial charge in [-0.3, -0.25) is 14.2 Å². The standard InChI is InChI=1S/C19H38NO8P/c1-6-8-9-10-12-19(22)28-17(15-25-18(21)11-7-2)16-27-29(23,24)26-14-13-20(3,4)5/h17H,6-16H2,1-5H3. The number of phosphoric ester groups is 1. The maximum atomic E-state index is 12.0. The van der Waals surface area contributed by atoms with Crippen LogP contribution in [0.15, 0.2) is 0 Å². The molecule has 2 atom stereocenters. The maximum Gasteiger partial charge on any atom is 0.306 e. The summed E-state index contributed by atoms with van der Waals surface area (Å²) in [6, 6.07) is 0. The lowest BCUT2D eigenvalue weighted by atomic mass is 10.1. The van der Waals surface area contributed by atoms with Gasteiger partial charge in [-0.1, -0.05) is 33.1 Å². The van der Waals surface area contributed by atoms with Crippen molar-refractivity contribution in [3.63, 3.8) is 0 Å². The van der Waals surface area contributed by atoms with Crippen LogP contribution < -0.4 is 4.89 Å². The summed E-state index contributed by atoms with van der Waals surface area (Å²) in [4.78, 5) is 35.5. The Labute approximate surface area is 174 Å². The van der Waals surface area contributed by atoms with Crippen LogP contribution >= 0.6 is 7.82 Å². The normalized spacial score (nSPS) is 14.8. The Kier molecular flexibility index (Phi) is 14.4. The molecule has 0 aromatic carbocycles. The summed E-state index contributed by atoms with van der Waals surface area (Å²) in [5, 5.41) is 0. The third-order valence-electron chi connectivity index (χ3n) is 3.85. The Morgan fingerprint density at radius 2 is 1.62 bits per heavy atom. The lowest BCUT2D eigenvalue weighted by molar-refractivity contribution is -0.870. The average Bonchev–Trinajstić information content (AvgIpc) is 2.60. The van der Waals surface area contributed by atoms with E-state index in [9.17, 15) is 19.0 Å². The van der Waals surface area contributed by atoms with E-state index in [-0.39, 0.29) is 26.1 Å². The zero-order valence-corrected chi connectivity index (χ0v) is 19.4. The molecule has 0 spiro atoms. The Balaban J connectivity index is 4.60. The van der Waals surface area contributed by atoms with Crippen LogP contribution in [0.4, 0.5) is 0 Å². The number of quaternary nitrogens is 1. The number of carbonyl (C=O) groups is 2. The molecule has 0 N–H and O–H groups in total. The van der Waals surface area contributed by atoms with Crippen molar-refractivity contribution >= 4 is 19.8 Å². The molecule has 10 heteroatoms. The van der Waals surface area contributed by atoms with Crippen molar-refractivity contribution in [2.45, 2.75) is 64.9 Å². The van der Waals surface area contributed by atoms with Gasteiger partial charge in [0, 0.05) is 12.8 Å². The Hall–Kier alpha value is -0.990. The number of unbranched alkanes of at least 4 members (excludes halogenated alkanes) is 3. The first kappa shape index (κ1) is 28.0.